The number of carboxylic acids is 1. The third kappa shape index (κ3) is 2.41. The number of fused-ring (bicyclic) bond motifs is 1. The van der Waals surface area contributed by atoms with Gasteiger partial charge in [-0.3, -0.25) is 0 Å². The normalized spacial score (nSPS) is 11.8. The van der Waals surface area contributed by atoms with Crippen molar-refractivity contribution in [1.29, 1.82) is 0 Å². The van der Waals surface area contributed by atoms with Gasteiger partial charge in [-0.2, -0.15) is 0 Å². The van der Waals surface area contributed by atoms with E-state index in [-0.39, 0.29) is 28.3 Å². The first kappa shape index (κ1) is 11.5. The number of aromatic amines is 1. The smallest absolute Gasteiger partial charge is 0.338 e. The lowest BCUT2D eigenvalue weighted by molar-refractivity contribution is 0.0698. The van der Waals surface area contributed by atoms with Crippen LogP contribution >= 0.6 is 0 Å². The Morgan fingerprint density at radius 3 is 2.82 bits per heavy atom. The van der Waals surface area contributed by atoms with E-state index in [1.54, 1.807) is 0 Å². The summed E-state index contributed by atoms with van der Waals surface area (Å²) >= 11 is 0. The molecule has 0 amide bonds. The highest BCUT2D eigenvalue weighted by atomic mass is 32.2. The topological polar surface area (TPSA) is 113 Å². The lowest BCUT2D eigenvalue weighted by Gasteiger charge is -1.94. The number of carbonyl (C=O) groups is 1. The van der Waals surface area contributed by atoms with Crippen LogP contribution in [0.25, 0.3) is 11.2 Å². The molecule has 0 spiro atoms. The van der Waals surface area contributed by atoms with Gasteiger partial charge in [0.25, 0.3) is 0 Å². The van der Waals surface area contributed by atoms with Crippen LogP contribution in [0.4, 0.5) is 0 Å². The minimum atomic E-state index is -3.23. The van der Waals surface area contributed by atoms with Crippen LogP contribution in [0, 0.1) is 0 Å². The molecule has 2 rings (SSSR count). The summed E-state index contributed by atoms with van der Waals surface area (Å²) in [5, 5.41) is 8.93. The number of nitrogens with one attached hydrogen (secondary N) is 1. The maximum atomic E-state index is 11.1. The van der Waals surface area contributed by atoms with E-state index in [2.05, 4.69) is 15.0 Å². The fourth-order valence-corrected chi connectivity index (χ4v) is 2.09. The quantitative estimate of drug-likeness (QED) is 0.810. The molecule has 17 heavy (non-hydrogen) atoms. The first-order valence-corrected chi connectivity index (χ1v) is 6.67. The van der Waals surface area contributed by atoms with Crippen LogP contribution < -0.4 is 0 Å². The standard InChI is InChI=1S/C9H9N3O4S/c1-17(15,16)4-6-11-7-5(9(13)14)2-3-10-8(7)12-6/h2-3H,4H2,1H3,(H,13,14)(H,10,11,12). The molecule has 90 valence electrons. The van der Waals surface area contributed by atoms with Crippen LogP contribution in [0.2, 0.25) is 0 Å². The van der Waals surface area contributed by atoms with Crippen LogP contribution in [0.1, 0.15) is 16.2 Å². The van der Waals surface area contributed by atoms with E-state index in [1.165, 1.54) is 12.3 Å². The van der Waals surface area contributed by atoms with Crippen LogP contribution in [-0.2, 0) is 15.6 Å². The van der Waals surface area contributed by atoms with Gasteiger partial charge in [0.2, 0.25) is 0 Å². The second-order valence-corrected chi connectivity index (χ2v) is 5.76. The molecular weight excluding hydrogens is 246 g/mol. The molecule has 0 bridgehead atoms. The van der Waals surface area contributed by atoms with E-state index in [0.29, 0.717) is 0 Å². The van der Waals surface area contributed by atoms with Gasteiger partial charge in [-0.15, -0.1) is 0 Å². The first-order chi connectivity index (χ1) is 7.87. The summed E-state index contributed by atoms with van der Waals surface area (Å²) in [5.74, 6) is -1.21. The van der Waals surface area contributed by atoms with Crippen molar-refractivity contribution in [2.75, 3.05) is 6.26 Å². The summed E-state index contributed by atoms with van der Waals surface area (Å²) in [7, 11) is -3.23. The molecule has 0 aromatic carbocycles. The fraction of sp³-hybridized carbons (Fsp3) is 0.222. The Balaban J connectivity index is 2.58. The summed E-state index contributed by atoms with van der Waals surface area (Å²) in [6.45, 7) is 0. The van der Waals surface area contributed by atoms with Crippen LogP contribution in [-0.4, -0.2) is 40.7 Å². The molecule has 0 aliphatic rings. The highest BCUT2D eigenvalue weighted by molar-refractivity contribution is 7.89. The van der Waals surface area contributed by atoms with E-state index >= 15 is 0 Å². The third-order valence-corrected chi connectivity index (χ3v) is 2.87. The van der Waals surface area contributed by atoms with Gasteiger partial charge in [-0.05, 0) is 6.07 Å². The number of hydrogen-bond acceptors (Lipinski definition) is 5. The number of aromatic nitrogens is 3. The Labute approximate surface area is 96.4 Å². The van der Waals surface area contributed by atoms with E-state index < -0.39 is 15.8 Å². The van der Waals surface area contributed by atoms with Crippen LogP contribution in [0.3, 0.4) is 0 Å². The van der Waals surface area contributed by atoms with Crippen molar-refractivity contribution >= 4 is 27.0 Å². The lowest BCUT2D eigenvalue weighted by atomic mass is 10.2. The minimum absolute atomic E-state index is 0.0160. The second-order valence-electron chi connectivity index (χ2n) is 3.62. The highest BCUT2D eigenvalue weighted by Crippen LogP contribution is 2.15. The zero-order valence-corrected chi connectivity index (χ0v) is 9.65. The largest absolute Gasteiger partial charge is 0.478 e. The van der Waals surface area contributed by atoms with E-state index in [9.17, 15) is 13.2 Å². The van der Waals surface area contributed by atoms with Gasteiger partial charge < -0.3 is 10.1 Å². The summed E-state index contributed by atoms with van der Waals surface area (Å²) in [5.41, 5.74) is 0.449. The molecule has 2 heterocycles. The van der Waals surface area contributed by atoms with Crippen molar-refractivity contribution in [1.82, 2.24) is 15.0 Å². The van der Waals surface area contributed by atoms with E-state index in [0.717, 1.165) is 6.26 Å². The number of aromatic carboxylic acids is 1. The zero-order valence-electron chi connectivity index (χ0n) is 8.84. The van der Waals surface area contributed by atoms with Gasteiger partial charge in [-0.1, -0.05) is 0 Å². The molecule has 0 fully saturated rings. The predicted octanol–water partition coefficient (Wildman–Crippen LogP) is 0.201. The maximum absolute atomic E-state index is 11.1. The monoisotopic (exact) mass is 255 g/mol. The first-order valence-electron chi connectivity index (χ1n) is 4.61. The fourth-order valence-electron chi connectivity index (χ4n) is 1.45. The summed E-state index contributed by atoms with van der Waals surface area (Å²) in [4.78, 5) is 21.4. The highest BCUT2D eigenvalue weighted by Gasteiger charge is 2.15. The number of sulfone groups is 1. The number of rotatable bonds is 3. The average Bonchev–Trinajstić information content (AvgIpc) is 2.55. The number of nitrogens with zero attached hydrogens (tertiary/aromatic N) is 2. The maximum Gasteiger partial charge on any atom is 0.338 e. The Kier molecular flexibility index (Phi) is 2.58. The summed E-state index contributed by atoms with van der Waals surface area (Å²) in [6, 6.07) is 1.33. The number of hydrogen-bond donors (Lipinski definition) is 2. The molecule has 2 aromatic heterocycles. The Morgan fingerprint density at radius 1 is 1.53 bits per heavy atom. The van der Waals surface area contributed by atoms with Crippen molar-refractivity contribution in [3.8, 4) is 0 Å². The molecule has 0 aliphatic heterocycles. The van der Waals surface area contributed by atoms with Crippen molar-refractivity contribution in [3.63, 3.8) is 0 Å². The predicted molar refractivity (Wildman–Crippen MR) is 59.4 cm³/mol. The molecule has 0 saturated heterocycles. The Morgan fingerprint density at radius 2 is 2.24 bits per heavy atom. The molecule has 2 aromatic rings. The molecule has 7 nitrogen and oxygen atoms in total. The van der Waals surface area contributed by atoms with Gasteiger partial charge in [-0.25, -0.2) is 23.2 Å². The molecule has 2 N–H and O–H groups in total. The zero-order chi connectivity index (χ0) is 12.6. The number of pyridine rings is 1. The van der Waals surface area contributed by atoms with E-state index in [4.69, 9.17) is 5.11 Å². The number of imidazole rings is 1. The van der Waals surface area contributed by atoms with Gasteiger partial charge >= 0.3 is 5.97 Å². The molecule has 0 radical (unpaired) electrons. The lowest BCUT2D eigenvalue weighted by Crippen LogP contribution is -2.02. The second kappa shape index (κ2) is 3.81. The average molecular weight is 255 g/mol. The Hall–Kier alpha value is -1.96. The molecule has 0 unspecified atom stereocenters. The minimum Gasteiger partial charge on any atom is -0.478 e. The van der Waals surface area contributed by atoms with Gasteiger partial charge in [0.05, 0.1) is 11.1 Å². The number of carboxylic acid groups (broad SMARTS) is 1. The number of H-pyrrole nitrogens is 1. The van der Waals surface area contributed by atoms with Crippen molar-refractivity contribution in [2.24, 2.45) is 0 Å². The SMILES string of the molecule is CS(=O)(=O)Cc1nc2nccc(C(=O)O)c2[nH]1. The molecule has 0 atom stereocenters. The molecule has 8 heteroatoms. The summed E-state index contributed by atoms with van der Waals surface area (Å²) in [6.07, 6.45) is 2.39. The van der Waals surface area contributed by atoms with Crippen molar-refractivity contribution < 1.29 is 18.3 Å². The Bertz CT molecular complexity index is 689. The molecule has 0 saturated carbocycles. The van der Waals surface area contributed by atoms with E-state index in [1.807, 2.05) is 0 Å². The van der Waals surface area contributed by atoms with Gasteiger partial charge in [0.15, 0.2) is 15.5 Å². The van der Waals surface area contributed by atoms with Gasteiger partial charge in [0, 0.05) is 12.5 Å². The third-order valence-electron chi connectivity index (χ3n) is 2.07. The molecule has 0 aliphatic carbocycles. The van der Waals surface area contributed by atoms with Crippen LogP contribution in [0.15, 0.2) is 12.3 Å². The summed E-state index contributed by atoms with van der Waals surface area (Å²) < 4.78 is 22.2. The van der Waals surface area contributed by atoms with Crippen molar-refractivity contribution in [3.05, 3.63) is 23.7 Å². The molecular formula is C9H9N3O4S. The van der Waals surface area contributed by atoms with Gasteiger partial charge in [0.1, 0.15) is 11.6 Å². The van der Waals surface area contributed by atoms with Crippen LogP contribution in [0.5, 0.6) is 0 Å². The van der Waals surface area contributed by atoms with Crippen molar-refractivity contribution in [2.45, 2.75) is 5.75 Å².